The van der Waals surface area contributed by atoms with Gasteiger partial charge in [-0.25, -0.2) is 9.97 Å². The molecule has 3 aromatic rings. The summed E-state index contributed by atoms with van der Waals surface area (Å²) in [7, 11) is 3.36. The van der Waals surface area contributed by atoms with Crippen molar-refractivity contribution >= 4 is 22.5 Å². The Hall–Kier alpha value is -3.40. The number of fused-ring (bicyclic) bond motifs is 1. The number of hydrogen-bond acceptors (Lipinski definition) is 7. The topological polar surface area (TPSA) is 98.8 Å². The standard InChI is InChI=1S/C16H14N6O/c1-18-16-15-13(7-14(17)21-22-15)10(8-20-16)3-4-11-5-6-12(23-2)9-19-11/h5-9H,1-2H3,(H2,17,21)(H,18,20). The molecule has 3 aromatic heterocycles. The number of aromatic nitrogens is 4. The molecule has 3 N–H and O–H groups in total. The van der Waals surface area contributed by atoms with Crippen LogP contribution in [0.25, 0.3) is 10.9 Å². The van der Waals surface area contributed by atoms with Crippen LogP contribution in [0.15, 0.2) is 30.6 Å². The lowest BCUT2D eigenvalue weighted by molar-refractivity contribution is 0.413. The highest BCUT2D eigenvalue weighted by Crippen LogP contribution is 2.22. The Morgan fingerprint density at radius 3 is 2.70 bits per heavy atom. The Bertz CT molecular complexity index is 911. The van der Waals surface area contributed by atoms with Crippen molar-refractivity contribution in [2.24, 2.45) is 0 Å². The molecule has 0 saturated carbocycles. The van der Waals surface area contributed by atoms with E-state index in [4.69, 9.17) is 10.5 Å². The molecule has 114 valence electrons. The van der Waals surface area contributed by atoms with Gasteiger partial charge in [-0.2, -0.15) is 0 Å². The number of methoxy groups -OCH3 is 1. The fourth-order valence-electron chi connectivity index (χ4n) is 2.04. The van der Waals surface area contributed by atoms with Gasteiger partial charge in [0.1, 0.15) is 22.8 Å². The number of ether oxygens (including phenoxy) is 1. The SMILES string of the molecule is CNc1ncc(C#Cc2ccc(OC)cn2)c2cc(N)nnc12. The minimum absolute atomic E-state index is 0.330. The molecule has 7 nitrogen and oxygen atoms in total. The number of anilines is 2. The Kier molecular flexibility index (Phi) is 3.89. The van der Waals surface area contributed by atoms with Crippen LogP contribution < -0.4 is 15.8 Å². The zero-order valence-corrected chi connectivity index (χ0v) is 12.7. The second-order valence-electron chi connectivity index (χ2n) is 4.64. The molecule has 3 heterocycles. The van der Waals surface area contributed by atoms with Gasteiger partial charge in [-0.05, 0) is 24.1 Å². The average molecular weight is 306 g/mol. The van der Waals surface area contributed by atoms with Gasteiger partial charge in [0, 0.05) is 18.6 Å². The molecule has 0 fully saturated rings. The van der Waals surface area contributed by atoms with Crippen LogP contribution in [0.4, 0.5) is 11.6 Å². The fraction of sp³-hybridized carbons (Fsp3) is 0.125. The highest BCUT2D eigenvalue weighted by Gasteiger charge is 2.08. The van der Waals surface area contributed by atoms with Gasteiger partial charge in [-0.1, -0.05) is 5.92 Å². The van der Waals surface area contributed by atoms with E-state index >= 15 is 0 Å². The van der Waals surface area contributed by atoms with Crippen LogP contribution in [0.5, 0.6) is 5.75 Å². The van der Waals surface area contributed by atoms with Gasteiger partial charge in [-0.15, -0.1) is 10.2 Å². The van der Waals surface area contributed by atoms with E-state index in [0.717, 1.165) is 5.39 Å². The normalized spacial score (nSPS) is 10.0. The van der Waals surface area contributed by atoms with E-state index in [2.05, 4.69) is 37.3 Å². The van der Waals surface area contributed by atoms with Crippen LogP contribution in [0.1, 0.15) is 11.3 Å². The molecule has 0 aliphatic carbocycles. The lowest BCUT2D eigenvalue weighted by atomic mass is 10.1. The first-order valence-corrected chi connectivity index (χ1v) is 6.83. The Morgan fingerprint density at radius 2 is 2.00 bits per heavy atom. The van der Waals surface area contributed by atoms with Gasteiger partial charge >= 0.3 is 0 Å². The lowest BCUT2D eigenvalue weighted by Crippen LogP contribution is -2.00. The molecule has 7 heteroatoms. The van der Waals surface area contributed by atoms with Crippen LogP contribution in [0.2, 0.25) is 0 Å². The van der Waals surface area contributed by atoms with Crippen molar-refractivity contribution in [1.82, 2.24) is 20.2 Å². The maximum absolute atomic E-state index is 5.73. The quantitative estimate of drug-likeness (QED) is 0.691. The van der Waals surface area contributed by atoms with Gasteiger partial charge in [0.25, 0.3) is 0 Å². The molecule has 0 aliphatic rings. The third-order valence-corrected chi connectivity index (χ3v) is 3.18. The summed E-state index contributed by atoms with van der Waals surface area (Å²) >= 11 is 0. The zero-order valence-electron chi connectivity index (χ0n) is 12.7. The Balaban J connectivity index is 2.06. The third kappa shape index (κ3) is 2.96. The van der Waals surface area contributed by atoms with Crippen molar-refractivity contribution in [2.45, 2.75) is 0 Å². The van der Waals surface area contributed by atoms with Crippen LogP contribution in [0.3, 0.4) is 0 Å². The molecule has 0 aromatic carbocycles. The molecule has 3 rings (SSSR count). The third-order valence-electron chi connectivity index (χ3n) is 3.18. The highest BCUT2D eigenvalue weighted by atomic mass is 16.5. The second kappa shape index (κ2) is 6.15. The molecule has 23 heavy (non-hydrogen) atoms. The smallest absolute Gasteiger partial charge is 0.154 e. The summed E-state index contributed by atoms with van der Waals surface area (Å²) in [5.74, 6) is 7.69. The van der Waals surface area contributed by atoms with Gasteiger partial charge in [-0.3, -0.25) is 0 Å². The summed E-state index contributed by atoms with van der Waals surface area (Å²) in [6.45, 7) is 0. The van der Waals surface area contributed by atoms with Crippen LogP contribution >= 0.6 is 0 Å². The van der Waals surface area contributed by atoms with E-state index in [1.165, 1.54) is 0 Å². The van der Waals surface area contributed by atoms with E-state index in [1.54, 1.807) is 44.8 Å². The lowest BCUT2D eigenvalue weighted by Gasteiger charge is -2.05. The van der Waals surface area contributed by atoms with Crippen molar-refractivity contribution in [3.8, 4) is 17.6 Å². The summed E-state index contributed by atoms with van der Waals surface area (Å²) in [6, 6.07) is 5.33. The Morgan fingerprint density at radius 1 is 1.13 bits per heavy atom. The molecule has 0 unspecified atom stereocenters. The molecule has 0 bridgehead atoms. The number of nitrogens with two attached hydrogens (primary N) is 1. The van der Waals surface area contributed by atoms with Crippen LogP contribution in [-0.4, -0.2) is 34.3 Å². The number of nitrogens with zero attached hydrogens (tertiary/aromatic N) is 4. The van der Waals surface area contributed by atoms with Gasteiger partial charge in [0.15, 0.2) is 5.82 Å². The summed E-state index contributed by atoms with van der Waals surface area (Å²) < 4.78 is 5.07. The number of rotatable bonds is 2. The largest absolute Gasteiger partial charge is 0.495 e. The Labute approximate surface area is 132 Å². The monoisotopic (exact) mass is 306 g/mol. The van der Waals surface area contributed by atoms with Crippen molar-refractivity contribution in [3.05, 3.63) is 41.9 Å². The molecular weight excluding hydrogens is 292 g/mol. The predicted molar refractivity (Wildman–Crippen MR) is 88.1 cm³/mol. The van der Waals surface area contributed by atoms with Crippen molar-refractivity contribution in [3.63, 3.8) is 0 Å². The summed E-state index contributed by atoms with van der Waals surface area (Å²) in [5.41, 5.74) is 7.69. The number of hydrogen-bond donors (Lipinski definition) is 2. The molecule has 0 amide bonds. The van der Waals surface area contributed by atoms with Crippen molar-refractivity contribution in [1.29, 1.82) is 0 Å². The molecule has 0 saturated heterocycles. The van der Waals surface area contributed by atoms with E-state index in [9.17, 15) is 0 Å². The summed E-state index contributed by atoms with van der Waals surface area (Å²) in [6.07, 6.45) is 3.29. The first-order valence-electron chi connectivity index (χ1n) is 6.83. The van der Waals surface area contributed by atoms with Crippen LogP contribution in [0, 0.1) is 11.8 Å². The van der Waals surface area contributed by atoms with Crippen molar-refractivity contribution in [2.75, 3.05) is 25.2 Å². The van der Waals surface area contributed by atoms with Crippen molar-refractivity contribution < 1.29 is 4.74 Å². The van der Waals surface area contributed by atoms with Crippen LogP contribution in [-0.2, 0) is 0 Å². The van der Waals surface area contributed by atoms with E-state index in [0.29, 0.717) is 34.2 Å². The zero-order chi connectivity index (χ0) is 16.2. The molecule has 0 spiro atoms. The number of nitrogens with one attached hydrogen (secondary N) is 1. The maximum Gasteiger partial charge on any atom is 0.154 e. The molecule has 0 atom stereocenters. The second-order valence-corrected chi connectivity index (χ2v) is 4.64. The first-order chi connectivity index (χ1) is 11.2. The fourth-order valence-corrected chi connectivity index (χ4v) is 2.04. The van der Waals surface area contributed by atoms with E-state index in [-0.39, 0.29) is 0 Å². The minimum atomic E-state index is 0.330. The molecule has 0 radical (unpaired) electrons. The first kappa shape index (κ1) is 14.5. The summed E-state index contributed by atoms with van der Waals surface area (Å²) in [5, 5.41) is 11.7. The predicted octanol–water partition coefficient (Wildman–Crippen LogP) is 1.45. The summed E-state index contributed by atoms with van der Waals surface area (Å²) in [4.78, 5) is 8.51. The molecule has 0 aliphatic heterocycles. The van der Waals surface area contributed by atoms with E-state index < -0.39 is 0 Å². The average Bonchev–Trinajstić information content (AvgIpc) is 2.60. The molecular formula is C16H14N6O. The van der Waals surface area contributed by atoms with Gasteiger partial charge in [0.2, 0.25) is 0 Å². The number of nitrogen functional groups attached to an aromatic ring is 1. The maximum atomic E-state index is 5.73. The number of pyridine rings is 2. The van der Waals surface area contributed by atoms with Gasteiger partial charge < -0.3 is 15.8 Å². The van der Waals surface area contributed by atoms with Gasteiger partial charge in [0.05, 0.1) is 18.9 Å². The van der Waals surface area contributed by atoms with E-state index in [1.807, 2.05) is 0 Å². The minimum Gasteiger partial charge on any atom is -0.495 e. The highest BCUT2D eigenvalue weighted by molar-refractivity contribution is 5.93.